The molecule has 0 bridgehead atoms. The van der Waals surface area contributed by atoms with E-state index in [4.69, 9.17) is 17.0 Å². The molecule has 27 heavy (non-hydrogen) atoms. The van der Waals surface area contributed by atoms with Gasteiger partial charge in [0.2, 0.25) is 0 Å². The highest BCUT2D eigenvalue weighted by molar-refractivity contribution is 7.80. The van der Waals surface area contributed by atoms with Crippen LogP contribution in [-0.2, 0) is 4.74 Å². The standard InChI is InChI=1S/C19H28N4O3S/c1-4-26-19(25)20-15-10-8-14(9-11-15)17(24)22-23-18(27)21-16-7-5-6-12(2)13(16)3/h8-13,16H,4-7H2,1-3H3,(H,20,25)(H,22,24)(H2,21,23,27)/t12-,13-,16-/m0/s1. The second kappa shape index (κ2) is 10.1. The molecule has 7 nitrogen and oxygen atoms in total. The highest BCUT2D eigenvalue weighted by atomic mass is 32.1. The van der Waals surface area contributed by atoms with E-state index in [2.05, 4.69) is 35.3 Å². The number of nitrogens with one attached hydrogen (secondary N) is 4. The van der Waals surface area contributed by atoms with E-state index in [-0.39, 0.29) is 5.91 Å². The average molecular weight is 393 g/mol. The molecule has 1 aliphatic rings. The number of anilines is 1. The topological polar surface area (TPSA) is 91.5 Å². The number of hydrogen-bond acceptors (Lipinski definition) is 4. The Balaban J connectivity index is 1.79. The Bertz CT molecular complexity index is 665. The van der Waals surface area contributed by atoms with Crippen LogP contribution in [0.2, 0.25) is 0 Å². The number of amides is 2. The molecule has 1 saturated carbocycles. The van der Waals surface area contributed by atoms with Gasteiger partial charge in [-0.3, -0.25) is 21.0 Å². The van der Waals surface area contributed by atoms with Gasteiger partial charge in [-0.1, -0.05) is 26.7 Å². The average Bonchev–Trinajstić information content (AvgIpc) is 2.64. The minimum atomic E-state index is -0.529. The summed E-state index contributed by atoms with van der Waals surface area (Å²) < 4.78 is 4.80. The van der Waals surface area contributed by atoms with E-state index < -0.39 is 6.09 Å². The molecule has 8 heteroatoms. The van der Waals surface area contributed by atoms with E-state index in [1.54, 1.807) is 31.2 Å². The van der Waals surface area contributed by atoms with Crippen LogP contribution < -0.4 is 21.5 Å². The van der Waals surface area contributed by atoms with E-state index in [0.29, 0.717) is 40.8 Å². The molecule has 3 atom stereocenters. The Morgan fingerprint density at radius 3 is 2.52 bits per heavy atom. The lowest BCUT2D eigenvalue weighted by Gasteiger charge is -2.35. The van der Waals surface area contributed by atoms with Gasteiger partial charge in [0, 0.05) is 17.3 Å². The van der Waals surface area contributed by atoms with Crippen LogP contribution in [0.3, 0.4) is 0 Å². The van der Waals surface area contributed by atoms with Crippen molar-refractivity contribution in [2.24, 2.45) is 11.8 Å². The van der Waals surface area contributed by atoms with Crippen LogP contribution in [0.25, 0.3) is 0 Å². The third-order valence-corrected chi connectivity index (χ3v) is 5.20. The van der Waals surface area contributed by atoms with Gasteiger partial charge in [-0.25, -0.2) is 4.79 Å². The summed E-state index contributed by atoms with van der Waals surface area (Å²) in [5.41, 5.74) is 6.34. The molecular formula is C19H28N4O3S. The van der Waals surface area contributed by atoms with Crippen LogP contribution in [0.5, 0.6) is 0 Å². The van der Waals surface area contributed by atoms with E-state index >= 15 is 0 Å². The molecule has 0 heterocycles. The number of rotatable bonds is 4. The van der Waals surface area contributed by atoms with Gasteiger partial charge in [0.15, 0.2) is 5.11 Å². The molecule has 2 rings (SSSR count). The van der Waals surface area contributed by atoms with Crippen molar-refractivity contribution in [3.63, 3.8) is 0 Å². The normalized spacial score (nSPS) is 21.7. The van der Waals surface area contributed by atoms with Gasteiger partial charge in [-0.05, 0) is 61.7 Å². The fourth-order valence-electron chi connectivity index (χ4n) is 3.17. The van der Waals surface area contributed by atoms with Gasteiger partial charge >= 0.3 is 6.09 Å². The number of hydrogen-bond donors (Lipinski definition) is 4. The maximum Gasteiger partial charge on any atom is 0.411 e. The van der Waals surface area contributed by atoms with Crippen molar-refractivity contribution < 1.29 is 14.3 Å². The first-order valence-electron chi connectivity index (χ1n) is 9.31. The highest BCUT2D eigenvalue weighted by Crippen LogP contribution is 2.29. The van der Waals surface area contributed by atoms with Crippen molar-refractivity contribution in [2.75, 3.05) is 11.9 Å². The van der Waals surface area contributed by atoms with Gasteiger partial charge in [0.05, 0.1) is 6.61 Å². The summed E-state index contributed by atoms with van der Waals surface area (Å²) in [6.07, 6.45) is 2.98. The van der Waals surface area contributed by atoms with Crippen LogP contribution >= 0.6 is 12.2 Å². The molecule has 0 unspecified atom stereocenters. The minimum Gasteiger partial charge on any atom is -0.450 e. The van der Waals surface area contributed by atoms with Gasteiger partial charge in [-0.2, -0.15) is 0 Å². The van der Waals surface area contributed by atoms with E-state index in [9.17, 15) is 9.59 Å². The third-order valence-electron chi connectivity index (χ3n) is 4.98. The van der Waals surface area contributed by atoms with Gasteiger partial charge in [0.25, 0.3) is 5.91 Å². The zero-order chi connectivity index (χ0) is 19.8. The van der Waals surface area contributed by atoms with Gasteiger partial charge in [0.1, 0.15) is 0 Å². The Hall–Kier alpha value is -2.35. The van der Waals surface area contributed by atoms with E-state index in [1.165, 1.54) is 12.8 Å². The number of carbonyl (C=O) groups is 2. The molecule has 1 fully saturated rings. The Kier molecular flexibility index (Phi) is 7.84. The summed E-state index contributed by atoms with van der Waals surface area (Å²) in [6.45, 7) is 6.52. The summed E-state index contributed by atoms with van der Waals surface area (Å²) in [7, 11) is 0. The molecule has 148 valence electrons. The van der Waals surface area contributed by atoms with Crippen molar-refractivity contribution >= 4 is 35.0 Å². The quantitative estimate of drug-likeness (QED) is 0.465. The molecule has 0 aliphatic heterocycles. The molecule has 0 spiro atoms. The van der Waals surface area contributed by atoms with E-state index in [1.807, 2.05) is 0 Å². The van der Waals surface area contributed by atoms with Gasteiger partial charge < -0.3 is 10.1 Å². The molecule has 1 aromatic rings. The number of ether oxygens (including phenoxy) is 1. The first-order chi connectivity index (χ1) is 12.9. The second-order valence-electron chi connectivity index (χ2n) is 6.85. The largest absolute Gasteiger partial charge is 0.450 e. The van der Waals surface area contributed by atoms with Crippen molar-refractivity contribution in [3.05, 3.63) is 29.8 Å². The molecule has 0 saturated heterocycles. The van der Waals surface area contributed by atoms with Crippen LogP contribution in [0.1, 0.15) is 50.4 Å². The zero-order valence-corrected chi connectivity index (χ0v) is 16.8. The summed E-state index contributed by atoms with van der Waals surface area (Å²) in [5, 5.41) is 6.28. The number of benzene rings is 1. The lowest BCUT2D eigenvalue weighted by Crippen LogP contribution is -2.52. The highest BCUT2D eigenvalue weighted by Gasteiger charge is 2.27. The first kappa shape index (κ1) is 21.0. The summed E-state index contributed by atoms with van der Waals surface area (Å²) >= 11 is 5.29. The summed E-state index contributed by atoms with van der Waals surface area (Å²) in [4.78, 5) is 23.6. The molecule has 4 N–H and O–H groups in total. The maximum absolute atomic E-state index is 12.2. The van der Waals surface area contributed by atoms with Gasteiger partial charge in [-0.15, -0.1) is 0 Å². The molecule has 2 amide bonds. The predicted molar refractivity (Wildman–Crippen MR) is 109 cm³/mol. The first-order valence-corrected chi connectivity index (χ1v) is 9.72. The van der Waals surface area contributed by atoms with Crippen LogP contribution in [0.15, 0.2) is 24.3 Å². The number of carbonyl (C=O) groups excluding carboxylic acids is 2. The molecule has 1 aromatic carbocycles. The molecule has 0 aromatic heterocycles. The molecular weight excluding hydrogens is 364 g/mol. The lowest BCUT2D eigenvalue weighted by molar-refractivity contribution is 0.0943. The zero-order valence-electron chi connectivity index (χ0n) is 16.0. The lowest BCUT2D eigenvalue weighted by atomic mass is 9.78. The second-order valence-corrected chi connectivity index (χ2v) is 7.26. The Morgan fingerprint density at radius 1 is 1.15 bits per heavy atom. The molecule has 1 aliphatic carbocycles. The fourth-order valence-corrected chi connectivity index (χ4v) is 3.37. The predicted octanol–water partition coefficient (Wildman–Crippen LogP) is 3.19. The maximum atomic E-state index is 12.2. The Labute approximate surface area is 165 Å². The smallest absolute Gasteiger partial charge is 0.411 e. The monoisotopic (exact) mass is 392 g/mol. The van der Waals surface area contributed by atoms with Crippen molar-refractivity contribution in [1.82, 2.24) is 16.2 Å². The number of hydrazine groups is 1. The SMILES string of the molecule is CCOC(=O)Nc1ccc(C(=O)NNC(=S)N[C@H]2CCC[C@H](C)[C@@H]2C)cc1. The van der Waals surface area contributed by atoms with Crippen LogP contribution in [-0.4, -0.2) is 29.8 Å². The molecule has 0 radical (unpaired) electrons. The summed E-state index contributed by atoms with van der Waals surface area (Å²) in [5.74, 6) is 0.885. The van der Waals surface area contributed by atoms with E-state index in [0.717, 1.165) is 6.42 Å². The third kappa shape index (κ3) is 6.39. The van der Waals surface area contributed by atoms with Crippen molar-refractivity contribution in [3.8, 4) is 0 Å². The van der Waals surface area contributed by atoms with Crippen molar-refractivity contribution in [1.29, 1.82) is 0 Å². The van der Waals surface area contributed by atoms with Crippen LogP contribution in [0, 0.1) is 11.8 Å². The minimum absolute atomic E-state index is 0.296. The summed E-state index contributed by atoms with van der Waals surface area (Å²) in [6, 6.07) is 6.81. The van der Waals surface area contributed by atoms with Crippen LogP contribution in [0.4, 0.5) is 10.5 Å². The number of thiocarbonyl (C=S) groups is 1. The Morgan fingerprint density at radius 2 is 1.85 bits per heavy atom. The van der Waals surface area contributed by atoms with Crippen molar-refractivity contribution in [2.45, 2.75) is 46.1 Å². The fraction of sp³-hybridized carbons (Fsp3) is 0.526.